The van der Waals surface area contributed by atoms with Crippen molar-refractivity contribution in [2.24, 2.45) is 0 Å². The molecule has 0 amide bonds. The predicted octanol–water partition coefficient (Wildman–Crippen LogP) is 2.65. The Labute approximate surface area is 104 Å². The van der Waals surface area contributed by atoms with Crippen molar-refractivity contribution >= 4 is 5.97 Å². The molecule has 0 fully saturated rings. The fraction of sp³-hybridized carbons (Fsp3) is 0.533. The Morgan fingerprint density at radius 1 is 1.00 bits per heavy atom. The van der Waals surface area contributed by atoms with Gasteiger partial charge in [-0.1, -0.05) is 59.7 Å². The molecule has 17 heavy (non-hydrogen) atoms. The average Bonchev–Trinajstić information content (AvgIpc) is 2.14. The molecule has 94 valence electrons. The molecule has 0 aliphatic rings. The zero-order valence-corrected chi connectivity index (χ0v) is 11.5. The van der Waals surface area contributed by atoms with Crippen molar-refractivity contribution in [3.8, 4) is 0 Å². The summed E-state index contributed by atoms with van der Waals surface area (Å²) in [7, 11) is 0. The standard InChI is InChI=1S/C15H22O2/c1-14(2,3)10-7-8-11(13(16)17)12(9-10)15(4,5)6/h7-9H,1-6H3,(H,16,17)/p-1. The first-order valence-electron chi connectivity index (χ1n) is 5.90. The summed E-state index contributed by atoms with van der Waals surface area (Å²) in [5, 5.41) is 11.1. The number of carboxylic acids is 1. The van der Waals surface area contributed by atoms with E-state index in [-0.39, 0.29) is 10.8 Å². The molecule has 2 nitrogen and oxygen atoms in total. The third-order valence-corrected chi connectivity index (χ3v) is 2.91. The van der Waals surface area contributed by atoms with E-state index in [2.05, 4.69) is 20.8 Å². The molecule has 0 aliphatic carbocycles. The molecule has 0 atom stereocenters. The first kappa shape index (κ1) is 13.8. The molecule has 0 N–H and O–H groups in total. The SMILES string of the molecule is CC(C)(C)c1ccc(C(=O)[O-])c(C(C)(C)C)c1. The number of aromatic carboxylic acids is 1. The number of hydrogen-bond acceptors (Lipinski definition) is 2. The summed E-state index contributed by atoms with van der Waals surface area (Å²) in [5.41, 5.74) is 2.10. The van der Waals surface area contributed by atoms with Crippen LogP contribution in [-0.2, 0) is 10.8 Å². The second-order valence-corrected chi connectivity index (χ2v) is 6.55. The number of carboxylic acid groups (broad SMARTS) is 1. The second kappa shape index (κ2) is 4.17. The molecule has 1 aromatic rings. The Morgan fingerprint density at radius 3 is 1.88 bits per heavy atom. The maximum Gasteiger partial charge on any atom is 0.0718 e. The van der Waals surface area contributed by atoms with Crippen molar-refractivity contribution in [1.29, 1.82) is 0 Å². The van der Waals surface area contributed by atoms with Crippen molar-refractivity contribution in [2.45, 2.75) is 52.4 Å². The first-order valence-corrected chi connectivity index (χ1v) is 5.90. The lowest BCUT2D eigenvalue weighted by Crippen LogP contribution is -2.28. The largest absolute Gasteiger partial charge is 0.545 e. The minimum Gasteiger partial charge on any atom is -0.545 e. The summed E-state index contributed by atoms with van der Waals surface area (Å²) < 4.78 is 0. The second-order valence-electron chi connectivity index (χ2n) is 6.55. The molecule has 0 radical (unpaired) electrons. The fourth-order valence-electron chi connectivity index (χ4n) is 1.81. The Morgan fingerprint density at radius 2 is 1.53 bits per heavy atom. The van der Waals surface area contributed by atoms with E-state index in [9.17, 15) is 9.90 Å². The molecule has 0 bridgehead atoms. The van der Waals surface area contributed by atoms with Crippen LogP contribution in [-0.4, -0.2) is 5.97 Å². The van der Waals surface area contributed by atoms with Gasteiger partial charge in [0.15, 0.2) is 0 Å². The van der Waals surface area contributed by atoms with Gasteiger partial charge in [-0.05, 0) is 22.0 Å². The topological polar surface area (TPSA) is 40.1 Å². The number of rotatable bonds is 1. The van der Waals surface area contributed by atoms with Gasteiger partial charge in [-0.2, -0.15) is 0 Å². The Balaban J connectivity index is 3.46. The van der Waals surface area contributed by atoms with E-state index < -0.39 is 5.97 Å². The van der Waals surface area contributed by atoms with Crippen LogP contribution in [0.1, 0.15) is 63.0 Å². The van der Waals surface area contributed by atoms with E-state index in [1.807, 2.05) is 32.9 Å². The summed E-state index contributed by atoms with van der Waals surface area (Å²) in [6, 6.07) is 5.53. The van der Waals surface area contributed by atoms with Gasteiger partial charge in [-0.25, -0.2) is 0 Å². The van der Waals surface area contributed by atoms with Crippen molar-refractivity contribution in [3.63, 3.8) is 0 Å². The predicted molar refractivity (Wildman–Crippen MR) is 68.2 cm³/mol. The van der Waals surface area contributed by atoms with Gasteiger partial charge in [-0.3, -0.25) is 0 Å². The van der Waals surface area contributed by atoms with E-state index in [1.165, 1.54) is 0 Å². The van der Waals surface area contributed by atoms with Gasteiger partial charge in [0.1, 0.15) is 0 Å². The van der Waals surface area contributed by atoms with E-state index in [1.54, 1.807) is 6.07 Å². The Hall–Kier alpha value is -1.31. The van der Waals surface area contributed by atoms with E-state index >= 15 is 0 Å². The van der Waals surface area contributed by atoms with Gasteiger partial charge >= 0.3 is 0 Å². The number of carbonyl (C=O) groups is 1. The molecule has 2 heteroatoms. The molecule has 0 aromatic heterocycles. The molecule has 0 saturated heterocycles. The highest BCUT2D eigenvalue weighted by Crippen LogP contribution is 2.31. The lowest BCUT2D eigenvalue weighted by Gasteiger charge is -2.27. The van der Waals surface area contributed by atoms with Crippen LogP contribution in [0.4, 0.5) is 0 Å². The number of carbonyl (C=O) groups excluding carboxylic acids is 1. The summed E-state index contributed by atoms with van der Waals surface area (Å²) in [6.45, 7) is 12.4. The third kappa shape index (κ3) is 3.09. The molecular weight excluding hydrogens is 212 g/mol. The normalized spacial score (nSPS) is 12.6. The molecule has 1 aromatic carbocycles. The minimum absolute atomic E-state index is 0.0183. The van der Waals surface area contributed by atoms with Crippen molar-refractivity contribution in [1.82, 2.24) is 0 Å². The Bertz CT molecular complexity index is 431. The van der Waals surface area contributed by atoms with Crippen molar-refractivity contribution in [2.75, 3.05) is 0 Å². The monoisotopic (exact) mass is 233 g/mol. The molecule has 0 saturated carbocycles. The van der Waals surface area contributed by atoms with Crippen LogP contribution in [0.5, 0.6) is 0 Å². The molecule has 0 unspecified atom stereocenters. The van der Waals surface area contributed by atoms with Crippen LogP contribution in [0.25, 0.3) is 0 Å². The summed E-state index contributed by atoms with van der Waals surface area (Å²) in [6.07, 6.45) is 0. The smallest absolute Gasteiger partial charge is 0.0718 e. The summed E-state index contributed by atoms with van der Waals surface area (Å²) in [4.78, 5) is 11.1. The first-order chi connectivity index (χ1) is 7.53. The van der Waals surface area contributed by atoms with Crippen molar-refractivity contribution in [3.05, 3.63) is 34.9 Å². The number of hydrogen-bond donors (Lipinski definition) is 0. The van der Waals surface area contributed by atoms with Gasteiger partial charge in [0, 0.05) is 5.56 Å². The van der Waals surface area contributed by atoms with Gasteiger partial charge in [-0.15, -0.1) is 0 Å². The number of benzene rings is 1. The molecular formula is C15H21O2-. The van der Waals surface area contributed by atoms with Crippen LogP contribution in [0.3, 0.4) is 0 Å². The molecule has 0 aliphatic heterocycles. The lowest BCUT2D eigenvalue weighted by atomic mass is 9.78. The third-order valence-electron chi connectivity index (χ3n) is 2.91. The van der Waals surface area contributed by atoms with Crippen molar-refractivity contribution < 1.29 is 9.90 Å². The highest BCUT2D eigenvalue weighted by molar-refractivity contribution is 5.88. The van der Waals surface area contributed by atoms with Gasteiger partial charge in [0.2, 0.25) is 0 Å². The minimum atomic E-state index is -1.10. The van der Waals surface area contributed by atoms with Crippen LogP contribution in [0.2, 0.25) is 0 Å². The zero-order chi connectivity index (χ0) is 13.4. The highest BCUT2D eigenvalue weighted by Gasteiger charge is 2.22. The quantitative estimate of drug-likeness (QED) is 0.748. The fourth-order valence-corrected chi connectivity index (χ4v) is 1.81. The summed E-state index contributed by atoms with van der Waals surface area (Å²) >= 11 is 0. The lowest BCUT2D eigenvalue weighted by molar-refractivity contribution is -0.255. The molecule has 0 spiro atoms. The van der Waals surface area contributed by atoms with Gasteiger partial charge < -0.3 is 9.90 Å². The van der Waals surface area contributed by atoms with Crippen LogP contribution < -0.4 is 5.11 Å². The maximum absolute atomic E-state index is 11.1. The maximum atomic E-state index is 11.1. The average molecular weight is 233 g/mol. The van der Waals surface area contributed by atoms with E-state index in [0.29, 0.717) is 5.56 Å². The van der Waals surface area contributed by atoms with Gasteiger partial charge in [0.05, 0.1) is 5.97 Å². The highest BCUT2D eigenvalue weighted by atomic mass is 16.4. The van der Waals surface area contributed by atoms with E-state index in [4.69, 9.17) is 0 Å². The summed E-state index contributed by atoms with van der Waals surface area (Å²) in [5.74, 6) is -1.10. The van der Waals surface area contributed by atoms with Gasteiger partial charge in [0.25, 0.3) is 0 Å². The molecule has 0 heterocycles. The van der Waals surface area contributed by atoms with Crippen LogP contribution >= 0.6 is 0 Å². The van der Waals surface area contributed by atoms with E-state index in [0.717, 1.165) is 11.1 Å². The van der Waals surface area contributed by atoms with Crippen LogP contribution in [0, 0.1) is 0 Å². The zero-order valence-electron chi connectivity index (χ0n) is 11.5. The molecule has 1 rings (SSSR count). The van der Waals surface area contributed by atoms with Crippen LogP contribution in [0.15, 0.2) is 18.2 Å². The Kier molecular flexibility index (Phi) is 3.37.